The number of ether oxygens (including phenoxy) is 2. The Hall–Kier alpha value is -3.35. The molecule has 0 aliphatic heterocycles. The summed E-state index contributed by atoms with van der Waals surface area (Å²) in [4.78, 5) is 35.8. The van der Waals surface area contributed by atoms with Gasteiger partial charge in [-0.25, -0.2) is 4.79 Å². The first-order valence-electron chi connectivity index (χ1n) is 11.7. The summed E-state index contributed by atoms with van der Waals surface area (Å²) in [6.45, 7) is 5.92. The van der Waals surface area contributed by atoms with Gasteiger partial charge in [0, 0.05) is 12.5 Å². The van der Waals surface area contributed by atoms with Gasteiger partial charge in [-0.15, -0.1) is 0 Å². The van der Waals surface area contributed by atoms with Crippen LogP contribution in [-0.4, -0.2) is 41.9 Å². The van der Waals surface area contributed by atoms with Crippen LogP contribution in [0.3, 0.4) is 0 Å². The van der Waals surface area contributed by atoms with Gasteiger partial charge in [-0.2, -0.15) is 0 Å². The van der Waals surface area contributed by atoms with Crippen molar-refractivity contribution in [2.24, 2.45) is 5.92 Å². The van der Waals surface area contributed by atoms with E-state index in [0.29, 0.717) is 25.8 Å². The summed E-state index contributed by atoms with van der Waals surface area (Å²) in [5.41, 5.74) is 3.94. The number of esters is 1. The van der Waals surface area contributed by atoms with Crippen molar-refractivity contribution >= 4 is 18.0 Å². The second-order valence-electron chi connectivity index (χ2n) is 9.57. The molecule has 2 aromatic carbocycles. The van der Waals surface area contributed by atoms with E-state index in [-0.39, 0.29) is 18.9 Å². The van der Waals surface area contributed by atoms with Crippen molar-refractivity contribution in [3.63, 3.8) is 0 Å². The van der Waals surface area contributed by atoms with Gasteiger partial charge in [-0.1, -0.05) is 55.0 Å². The van der Waals surface area contributed by atoms with Crippen LogP contribution in [0.2, 0.25) is 0 Å². The minimum atomic E-state index is -1.02. The van der Waals surface area contributed by atoms with E-state index in [1.54, 1.807) is 20.8 Å². The molecule has 7 nitrogen and oxygen atoms in total. The third-order valence-electron chi connectivity index (χ3n) is 5.78. The van der Waals surface area contributed by atoms with Gasteiger partial charge in [0.25, 0.3) is 0 Å². The van der Waals surface area contributed by atoms with Crippen LogP contribution >= 0.6 is 0 Å². The fourth-order valence-corrected chi connectivity index (χ4v) is 4.21. The SMILES string of the molecule is CC(C)(C)OC(=O)NCCCC[C@H](CC(=O)OCC1c2ccccc2-c2ccccc21)C(=O)O. The lowest BCUT2D eigenvalue weighted by atomic mass is 9.97. The van der Waals surface area contributed by atoms with Gasteiger partial charge in [0.15, 0.2) is 0 Å². The van der Waals surface area contributed by atoms with Gasteiger partial charge < -0.3 is 19.9 Å². The lowest BCUT2D eigenvalue weighted by molar-refractivity contribution is -0.152. The number of carboxylic acid groups (broad SMARTS) is 1. The topological polar surface area (TPSA) is 102 Å². The first kappa shape index (κ1) is 25.3. The zero-order chi connectivity index (χ0) is 24.7. The maximum atomic E-state index is 12.5. The first-order chi connectivity index (χ1) is 16.2. The Morgan fingerprint density at radius 1 is 0.971 bits per heavy atom. The number of rotatable bonds is 10. The van der Waals surface area contributed by atoms with Crippen LogP contribution in [0.1, 0.15) is 63.5 Å². The van der Waals surface area contributed by atoms with E-state index in [4.69, 9.17) is 9.47 Å². The largest absolute Gasteiger partial charge is 0.481 e. The highest BCUT2D eigenvalue weighted by Gasteiger charge is 2.30. The molecule has 0 heterocycles. The van der Waals surface area contributed by atoms with E-state index in [1.807, 2.05) is 36.4 Å². The highest BCUT2D eigenvalue weighted by atomic mass is 16.6. The van der Waals surface area contributed by atoms with Gasteiger partial charge in [0.2, 0.25) is 0 Å². The van der Waals surface area contributed by atoms with Gasteiger partial charge >= 0.3 is 18.0 Å². The quantitative estimate of drug-likeness (QED) is 0.371. The van der Waals surface area contributed by atoms with Crippen LogP contribution in [-0.2, 0) is 19.1 Å². The summed E-state index contributed by atoms with van der Waals surface area (Å²) in [6, 6.07) is 16.1. The Bertz CT molecular complexity index is 980. The average Bonchev–Trinajstić information content (AvgIpc) is 3.09. The maximum Gasteiger partial charge on any atom is 0.407 e. The molecule has 34 heavy (non-hydrogen) atoms. The lowest BCUT2D eigenvalue weighted by Crippen LogP contribution is -2.33. The number of aliphatic carboxylic acids is 1. The molecule has 7 heteroatoms. The number of carboxylic acids is 1. The molecule has 1 aliphatic carbocycles. The van der Waals surface area contributed by atoms with Crippen LogP contribution in [0.4, 0.5) is 4.79 Å². The molecule has 0 radical (unpaired) electrons. The van der Waals surface area contributed by atoms with Crippen LogP contribution in [0.25, 0.3) is 11.1 Å². The fourth-order valence-electron chi connectivity index (χ4n) is 4.21. The predicted molar refractivity (Wildman–Crippen MR) is 129 cm³/mol. The van der Waals surface area contributed by atoms with Crippen LogP contribution in [0.15, 0.2) is 48.5 Å². The number of alkyl carbamates (subject to hydrolysis) is 1. The van der Waals surface area contributed by atoms with Crippen molar-refractivity contribution in [3.8, 4) is 11.1 Å². The Balaban J connectivity index is 1.46. The van der Waals surface area contributed by atoms with Crippen LogP contribution in [0, 0.1) is 5.92 Å². The number of benzene rings is 2. The molecule has 0 spiro atoms. The van der Waals surface area contributed by atoms with Crippen molar-refractivity contribution in [2.75, 3.05) is 13.2 Å². The molecule has 0 bridgehead atoms. The highest BCUT2D eigenvalue weighted by Crippen LogP contribution is 2.44. The molecule has 1 aliphatic rings. The predicted octanol–water partition coefficient (Wildman–Crippen LogP) is 5.13. The number of nitrogens with one attached hydrogen (secondary N) is 1. The summed E-state index contributed by atoms with van der Waals surface area (Å²) < 4.78 is 10.7. The molecule has 0 saturated heterocycles. The first-order valence-corrected chi connectivity index (χ1v) is 11.7. The molecule has 0 aromatic heterocycles. The molecule has 2 N–H and O–H groups in total. The third kappa shape index (κ3) is 6.83. The van der Waals surface area contributed by atoms with Gasteiger partial charge in [0.1, 0.15) is 12.2 Å². The highest BCUT2D eigenvalue weighted by molar-refractivity contribution is 5.80. The second-order valence-corrected chi connectivity index (χ2v) is 9.57. The average molecular weight is 468 g/mol. The molecule has 0 unspecified atom stereocenters. The standard InChI is InChI=1S/C27H33NO6/c1-27(2,3)34-26(32)28-15-9-8-10-18(25(30)31)16-24(29)33-17-23-21-13-6-4-11-19(21)20-12-5-7-14-22(20)23/h4-7,11-14,18,23H,8-10,15-17H2,1-3H3,(H,28,32)(H,30,31)/t18-/m1/s1. The smallest absolute Gasteiger partial charge is 0.407 e. The minimum absolute atomic E-state index is 0.0569. The van der Waals surface area contributed by atoms with Crippen molar-refractivity contribution in [3.05, 3.63) is 59.7 Å². The van der Waals surface area contributed by atoms with Crippen LogP contribution in [0.5, 0.6) is 0 Å². The van der Waals surface area contributed by atoms with E-state index in [2.05, 4.69) is 17.4 Å². The Labute approximate surface area is 200 Å². The molecule has 1 atom stereocenters. The number of hydrogen-bond donors (Lipinski definition) is 2. The van der Waals surface area contributed by atoms with Crippen LogP contribution < -0.4 is 5.32 Å². The summed E-state index contributed by atoms with van der Waals surface area (Å²) >= 11 is 0. The van der Waals surface area contributed by atoms with E-state index in [9.17, 15) is 19.5 Å². The third-order valence-corrected chi connectivity index (χ3v) is 5.78. The molecular weight excluding hydrogens is 434 g/mol. The second kappa shape index (κ2) is 11.2. The number of hydrogen-bond acceptors (Lipinski definition) is 5. The summed E-state index contributed by atoms with van der Waals surface area (Å²) in [7, 11) is 0. The summed E-state index contributed by atoms with van der Waals surface area (Å²) in [5.74, 6) is -2.41. The molecule has 3 rings (SSSR count). The van der Waals surface area contributed by atoms with E-state index < -0.39 is 29.6 Å². The van der Waals surface area contributed by atoms with E-state index >= 15 is 0 Å². The van der Waals surface area contributed by atoms with E-state index in [1.165, 1.54) is 0 Å². The van der Waals surface area contributed by atoms with Gasteiger partial charge in [-0.3, -0.25) is 9.59 Å². The minimum Gasteiger partial charge on any atom is -0.481 e. The Kier molecular flexibility index (Phi) is 8.31. The van der Waals surface area contributed by atoms with Gasteiger partial charge in [0.05, 0.1) is 12.3 Å². The zero-order valence-electron chi connectivity index (χ0n) is 20.0. The fraction of sp³-hybridized carbons (Fsp3) is 0.444. The molecular formula is C27H33NO6. The number of carbonyl (C=O) groups is 3. The van der Waals surface area contributed by atoms with E-state index in [0.717, 1.165) is 22.3 Å². The zero-order valence-corrected chi connectivity index (χ0v) is 20.0. The molecule has 182 valence electrons. The van der Waals surface area contributed by atoms with Gasteiger partial charge in [-0.05, 0) is 55.9 Å². The Morgan fingerprint density at radius 2 is 1.56 bits per heavy atom. The molecule has 2 aromatic rings. The van der Waals surface area contributed by atoms with Crippen molar-refractivity contribution in [1.82, 2.24) is 5.32 Å². The lowest BCUT2D eigenvalue weighted by Gasteiger charge is -2.19. The number of unbranched alkanes of at least 4 members (excludes halogenated alkanes) is 1. The van der Waals surface area contributed by atoms with Crippen molar-refractivity contribution in [1.29, 1.82) is 0 Å². The van der Waals surface area contributed by atoms with Crippen molar-refractivity contribution < 1.29 is 29.0 Å². The Morgan fingerprint density at radius 3 is 2.12 bits per heavy atom. The monoisotopic (exact) mass is 467 g/mol. The molecule has 1 amide bonds. The number of fused-ring (bicyclic) bond motifs is 3. The summed E-state index contributed by atoms with van der Waals surface area (Å²) in [6.07, 6.45) is 0.804. The molecule has 0 saturated carbocycles. The number of carbonyl (C=O) groups excluding carboxylic acids is 2. The maximum absolute atomic E-state index is 12.5. The van der Waals surface area contributed by atoms with Crippen molar-refractivity contribution in [2.45, 2.75) is 58.0 Å². The number of amides is 1. The molecule has 0 fully saturated rings. The summed E-state index contributed by atoms with van der Waals surface area (Å²) in [5, 5.41) is 12.2. The normalized spacial score (nSPS) is 13.5.